The summed E-state index contributed by atoms with van der Waals surface area (Å²) in [6.07, 6.45) is 0.0227. The minimum atomic E-state index is -1.07. The highest BCUT2D eigenvalue weighted by Gasteiger charge is 2.20. The zero-order chi connectivity index (χ0) is 15.4. The first-order valence-corrected chi connectivity index (χ1v) is 7.12. The second kappa shape index (κ2) is 6.36. The molecular weight excluding hydrogens is 290 g/mol. The number of amides is 1. The van der Waals surface area contributed by atoms with Crippen molar-refractivity contribution in [3.63, 3.8) is 0 Å². The molecule has 0 fully saturated rings. The third-order valence-corrected chi connectivity index (χ3v) is 3.56. The highest BCUT2D eigenvalue weighted by atomic mass is 32.1. The lowest BCUT2D eigenvalue weighted by Crippen LogP contribution is -2.36. The number of anilines is 2. The summed E-state index contributed by atoms with van der Waals surface area (Å²) < 4.78 is 0. The van der Waals surface area contributed by atoms with Crippen molar-refractivity contribution in [3.05, 3.63) is 40.9 Å². The van der Waals surface area contributed by atoms with Gasteiger partial charge in [0.1, 0.15) is 6.54 Å². The third kappa shape index (κ3) is 4.03. The van der Waals surface area contributed by atoms with Crippen LogP contribution in [0, 0.1) is 6.92 Å². The number of hydrogen-bond donors (Lipinski definition) is 2. The predicted octanol–water partition coefficient (Wildman–Crippen LogP) is 1.69. The number of carbonyl (C=O) groups is 2. The van der Waals surface area contributed by atoms with Crippen molar-refractivity contribution >= 4 is 34.0 Å². The van der Waals surface area contributed by atoms with Crippen LogP contribution in [-0.4, -0.2) is 28.5 Å². The summed E-state index contributed by atoms with van der Waals surface area (Å²) in [5.74, 6) is -1.40. The molecule has 0 aliphatic rings. The fourth-order valence-electron chi connectivity index (χ4n) is 1.84. The molecule has 2 rings (SSSR count). The van der Waals surface area contributed by atoms with Gasteiger partial charge in [-0.05, 0) is 19.1 Å². The molecule has 0 spiro atoms. The van der Waals surface area contributed by atoms with Crippen molar-refractivity contribution in [2.45, 2.75) is 13.3 Å². The number of carbonyl (C=O) groups excluding carboxylic acids is 1. The Labute approximate surface area is 125 Å². The molecule has 0 bridgehead atoms. The number of aryl methyl sites for hydroxylation is 1. The molecule has 0 radical (unpaired) electrons. The average Bonchev–Trinajstić information content (AvgIpc) is 2.82. The van der Waals surface area contributed by atoms with Crippen LogP contribution < -0.4 is 10.6 Å². The molecule has 0 aliphatic heterocycles. The first-order valence-electron chi connectivity index (χ1n) is 6.24. The van der Waals surface area contributed by atoms with E-state index in [2.05, 4.69) is 4.98 Å². The zero-order valence-electron chi connectivity index (χ0n) is 11.4. The molecule has 0 aliphatic carbocycles. The molecule has 0 unspecified atom stereocenters. The van der Waals surface area contributed by atoms with E-state index >= 15 is 0 Å². The number of carboxylic acid groups (broad SMARTS) is 1. The summed E-state index contributed by atoms with van der Waals surface area (Å²) in [6.45, 7) is 1.53. The van der Waals surface area contributed by atoms with Gasteiger partial charge in [-0.25, -0.2) is 4.98 Å². The number of nitrogens with two attached hydrogens (primary N) is 1. The van der Waals surface area contributed by atoms with Gasteiger partial charge < -0.3 is 15.7 Å². The number of rotatable bonds is 5. The third-order valence-electron chi connectivity index (χ3n) is 2.84. The van der Waals surface area contributed by atoms with Crippen molar-refractivity contribution < 1.29 is 14.7 Å². The Morgan fingerprint density at radius 2 is 2.00 bits per heavy atom. The Kier molecular flexibility index (Phi) is 4.54. The molecule has 6 nitrogen and oxygen atoms in total. The molecule has 0 saturated heterocycles. The van der Waals surface area contributed by atoms with E-state index in [1.807, 2.05) is 19.1 Å². The minimum Gasteiger partial charge on any atom is -0.480 e. The van der Waals surface area contributed by atoms with Gasteiger partial charge in [0, 0.05) is 11.1 Å². The highest BCUT2D eigenvalue weighted by Crippen LogP contribution is 2.18. The lowest BCUT2D eigenvalue weighted by atomic mass is 10.2. The van der Waals surface area contributed by atoms with Gasteiger partial charge in [0.05, 0.1) is 12.1 Å². The highest BCUT2D eigenvalue weighted by molar-refractivity contribution is 7.13. The van der Waals surface area contributed by atoms with Gasteiger partial charge in [-0.3, -0.25) is 9.59 Å². The fraction of sp³-hybridized carbons (Fsp3) is 0.214. The van der Waals surface area contributed by atoms with E-state index in [9.17, 15) is 9.59 Å². The van der Waals surface area contributed by atoms with Crippen LogP contribution in [0.15, 0.2) is 29.6 Å². The Hall–Kier alpha value is -2.41. The van der Waals surface area contributed by atoms with Crippen LogP contribution >= 0.6 is 11.3 Å². The van der Waals surface area contributed by atoms with E-state index in [0.29, 0.717) is 16.5 Å². The maximum Gasteiger partial charge on any atom is 0.323 e. The summed E-state index contributed by atoms with van der Waals surface area (Å²) in [7, 11) is 0. The molecule has 110 valence electrons. The Balaban J connectivity index is 2.20. The second-order valence-corrected chi connectivity index (χ2v) is 5.45. The number of nitrogen functional groups attached to an aromatic ring is 1. The van der Waals surface area contributed by atoms with Crippen molar-refractivity contribution in [2.75, 3.05) is 17.2 Å². The van der Waals surface area contributed by atoms with E-state index < -0.39 is 5.97 Å². The standard InChI is InChI=1S/C14H15N3O3S/c1-9-2-4-11(5-3-9)17(7-13(19)20)12(18)6-10-8-21-14(15)16-10/h2-5,8H,6-7H2,1H3,(H2,15,16)(H,19,20). The van der Waals surface area contributed by atoms with E-state index in [-0.39, 0.29) is 18.9 Å². The van der Waals surface area contributed by atoms with Crippen molar-refractivity contribution in [2.24, 2.45) is 0 Å². The molecule has 0 atom stereocenters. The predicted molar refractivity (Wildman–Crippen MR) is 81.4 cm³/mol. The smallest absolute Gasteiger partial charge is 0.323 e. The van der Waals surface area contributed by atoms with E-state index in [0.717, 1.165) is 5.56 Å². The van der Waals surface area contributed by atoms with Gasteiger partial charge in [0.25, 0.3) is 0 Å². The molecule has 1 heterocycles. The summed E-state index contributed by atoms with van der Waals surface area (Å²) >= 11 is 1.25. The zero-order valence-corrected chi connectivity index (χ0v) is 12.3. The monoisotopic (exact) mass is 305 g/mol. The van der Waals surface area contributed by atoms with Crippen molar-refractivity contribution in [1.82, 2.24) is 4.98 Å². The molecule has 3 N–H and O–H groups in total. The number of aliphatic carboxylic acids is 1. The van der Waals surface area contributed by atoms with Crippen LogP contribution in [0.3, 0.4) is 0 Å². The van der Waals surface area contributed by atoms with Gasteiger partial charge >= 0.3 is 5.97 Å². The molecule has 0 saturated carbocycles. The maximum atomic E-state index is 12.3. The van der Waals surface area contributed by atoms with Crippen LogP contribution in [0.1, 0.15) is 11.3 Å². The number of aromatic nitrogens is 1. The van der Waals surface area contributed by atoms with Crippen molar-refractivity contribution in [3.8, 4) is 0 Å². The average molecular weight is 305 g/mol. The molecule has 21 heavy (non-hydrogen) atoms. The fourth-order valence-corrected chi connectivity index (χ4v) is 2.40. The van der Waals surface area contributed by atoms with Gasteiger partial charge in [0.15, 0.2) is 5.13 Å². The van der Waals surface area contributed by atoms with Crippen LogP contribution in [0.2, 0.25) is 0 Å². The van der Waals surface area contributed by atoms with E-state index in [4.69, 9.17) is 10.8 Å². The first kappa shape index (κ1) is 15.0. The van der Waals surface area contributed by atoms with Crippen LogP contribution in [0.4, 0.5) is 10.8 Å². The SMILES string of the molecule is Cc1ccc(N(CC(=O)O)C(=O)Cc2csc(N)n2)cc1. The van der Waals surface area contributed by atoms with Crippen molar-refractivity contribution in [1.29, 1.82) is 0 Å². The summed E-state index contributed by atoms with van der Waals surface area (Å²) in [4.78, 5) is 28.6. The normalized spacial score (nSPS) is 10.3. The molecule has 1 amide bonds. The van der Waals surface area contributed by atoms with Gasteiger partial charge in [-0.2, -0.15) is 0 Å². The minimum absolute atomic E-state index is 0.0227. The van der Waals surface area contributed by atoms with Crippen LogP contribution in [0.5, 0.6) is 0 Å². The lowest BCUT2D eigenvalue weighted by Gasteiger charge is -2.20. The second-order valence-electron chi connectivity index (χ2n) is 4.56. The molecule has 2 aromatic rings. The Bertz CT molecular complexity index is 652. The number of thiazole rings is 1. The van der Waals surface area contributed by atoms with Gasteiger partial charge in [0.2, 0.25) is 5.91 Å². The molecule has 1 aromatic carbocycles. The maximum absolute atomic E-state index is 12.3. The lowest BCUT2D eigenvalue weighted by molar-refractivity contribution is -0.136. The quantitative estimate of drug-likeness (QED) is 0.876. The Morgan fingerprint density at radius 1 is 1.33 bits per heavy atom. The summed E-state index contributed by atoms with van der Waals surface area (Å²) in [5, 5.41) is 11.1. The topological polar surface area (TPSA) is 96.5 Å². The number of hydrogen-bond acceptors (Lipinski definition) is 5. The van der Waals surface area contributed by atoms with E-state index in [1.165, 1.54) is 16.2 Å². The molecular formula is C14H15N3O3S. The van der Waals surface area contributed by atoms with Gasteiger partial charge in [-0.1, -0.05) is 17.7 Å². The number of benzene rings is 1. The number of nitrogens with zero attached hydrogens (tertiary/aromatic N) is 2. The molecule has 7 heteroatoms. The number of carboxylic acids is 1. The van der Waals surface area contributed by atoms with Crippen LogP contribution in [-0.2, 0) is 16.0 Å². The first-order chi connectivity index (χ1) is 9.95. The summed E-state index contributed by atoms with van der Waals surface area (Å²) in [5.41, 5.74) is 7.66. The Morgan fingerprint density at radius 3 is 2.52 bits per heavy atom. The summed E-state index contributed by atoms with van der Waals surface area (Å²) in [6, 6.07) is 7.12. The molecule has 1 aromatic heterocycles. The largest absolute Gasteiger partial charge is 0.480 e. The van der Waals surface area contributed by atoms with Crippen LogP contribution in [0.25, 0.3) is 0 Å². The van der Waals surface area contributed by atoms with Gasteiger partial charge in [-0.15, -0.1) is 11.3 Å². The van der Waals surface area contributed by atoms with E-state index in [1.54, 1.807) is 17.5 Å².